The number of carbonyl (C=O) groups is 1. The van der Waals surface area contributed by atoms with Crippen molar-refractivity contribution in [3.8, 4) is 0 Å². The van der Waals surface area contributed by atoms with Gasteiger partial charge in [0.25, 0.3) is 0 Å². The van der Waals surface area contributed by atoms with Crippen LogP contribution < -0.4 is 5.32 Å². The van der Waals surface area contributed by atoms with Crippen LogP contribution in [0.25, 0.3) is 0 Å². The highest BCUT2D eigenvalue weighted by atomic mass is 16.1. The lowest BCUT2D eigenvalue weighted by Gasteiger charge is -1.94. The Kier molecular flexibility index (Phi) is 1.90. The van der Waals surface area contributed by atoms with Crippen molar-refractivity contribution in [2.75, 3.05) is 0 Å². The van der Waals surface area contributed by atoms with E-state index in [2.05, 4.69) is 5.32 Å². The summed E-state index contributed by atoms with van der Waals surface area (Å²) >= 11 is 0. The smallest absolute Gasteiger partial charge is 0.228 e. The van der Waals surface area contributed by atoms with E-state index in [1.807, 2.05) is 26.0 Å². The minimum absolute atomic E-state index is 0.0903. The predicted octanol–water partition coefficient (Wildman–Crippen LogP) is 1.36. The van der Waals surface area contributed by atoms with E-state index in [-0.39, 0.29) is 5.91 Å². The van der Waals surface area contributed by atoms with Crippen molar-refractivity contribution in [2.45, 2.75) is 20.3 Å². The van der Waals surface area contributed by atoms with Crippen LogP contribution in [0.5, 0.6) is 0 Å². The van der Waals surface area contributed by atoms with Gasteiger partial charge in [0, 0.05) is 12.1 Å². The Balaban J connectivity index is 2.61. The van der Waals surface area contributed by atoms with E-state index in [0.717, 1.165) is 5.70 Å². The fourth-order valence-corrected chi connectivity index (χ4v) is 0.872. The molecule has 0 aliphatic carbocycles. The third kappa shape index (κ3) is 1.72. The van der Waals surface area contributed by atoms with E-state index < -0.39 is 0 Å². The summed E-state index contributed by atoms with van der Waals surface area (Å²) in [6.45, 7) is 4.01. The number of hydrogen-bond donors (Lipinski definition) is 1. The molecule has 1 heterocycles. The standard InChI is InChI=1S/C8H11NO/c1-6(2)5-7-3-4-8(10)9-7/h3,5H,4H2,1-2H3,(H,9,10). The lowest BCUT2D eigenvalue weighted by Crippen LogP contribution is -2.13. The van der Waals surface area contributed by atoms with Crippen molar-refractivity contribution in [1.29, 1.82) is 0 Å². The normalized spacial score (nSPS) is 16.2. The molecule has 2 heteroatoms. The fraction of sp³-hybridized carbons (Fsp3) is 0.375. The Bertz CT molecular complexity index is 209. The van der Waals surface area contributed by atoms with Crippen LogP contribution in [0.4, 0.5) is 0 Å². The van der Waals surface area contributed by atoms with E-state index in [9.17, 15) is 4.79 Å². The number of allylic oxidation sites excluding steroid dienone is 2. The van der Waals surface area contributed by atoms with E-state index in [0.29, 0.717) is 6.42 Å². The lowest BCUT2D eigenvalue weighted by atomic mass is 10.3. The fourth-order valence-electron chi connectivity index (χ4n) is 0.872. The van der Waals surface area contributed by atoms with Gasteiger partial charge in [0.1, 0.15) is 0 Å². The second kappa shape index (κ2) is 2.69. The van der Waals surface area contributed by atoms with Gasteiger partial charge in [-0.2, -0.15) is 0 Å². The van der Waals surface area contributed by atoms with Gasteiger partial charge in [0.15, 0.2) is 0 Å². The van der Waals surface area contributed by atoms with Crippen LogP contribution in [-0.4, -0.2) is 5.91 Å². The molecule has 2 nitrogen and oxygen atoms in total. The summed E-state index contributed by atoms with van der Waals surface area (Å²) in [7, 11) is 0. The van der Waals surface area contributed by atoms with Crippen LogP contribution in [-0.2, 0) is 4.79 Å². The first-order valence-electron chi connectivity index (χ1n) is 3.33. The predicted molar refractivity (Wildman–Crippen MR) is 40.3 cm³/mol. The zero-order valence-corrected chi connectivity index (χ0v) is 6.27. The summed E-state index contributed by atoms with van der Waals surface area (Å²) in [5.41, 5.74) is 2.14. The number of rotatable bonds is 1. The van der Waals surface area contributed by atoms with Gasteiger partial charge >= 0.3 is 0 Å². The van der Waals surface area contributed by atoms with Gasteiger partial charge < -0.3 is 5.32 Å². The number of hydrogen-bond acceptors (Lipinski definition) is 1. The molecule has 0 aromatic carbocycles. The van der Waals surface area contributed by atoms with Crippen molar-refractivity contribution in [1.82, 2.24) is 5.32 Å². The van der Waals surface area contributed by atoms with Gasteiger partial charge in [-0.1, -0.05) is 11.6 Å². The maximum absolute atomic E-state index is 10.6. The van der Waals surface area contributed by atoms with Crippen LogP contribution in [0.15, 0.2) is 23.4 Å². The van der Waals surface area contributed by atoms with Gasteiger partial charge in [-0.3, -0.25) is 4.79 Å². The second-order valence-electron chi connectivity index (χ2n) is 2.63. The second-order valence-corrected chi connectivity index (χ2v) is 2.63. The summed E-state index contributed by atoms with van der Waals surface area (Å²) < 4.78 is 0. The van der Waals surface area contributed by atoms with Crippen LogP contribution >= 0.6 is 0 Å². The zero-order chi connectivity index (χ0) is 7.56. The molecule has 1 aliphatic heterocycles. The molecular weight excluding hydrogens is 126 g/mol. The van der Waals surface area contributed by atoms with Gasteiger partial charge in [0.05, 0.1) is 0 Å². The maximum atomic E-state index is 10.6. The summed E-state index contributed by atoms with van der Waals surface area (Å²) in [6.07, 6.45) is 4.39. The molecule has 1 N–H and O–H groups in total. The van der Waals surface area contributed by atoms with E-state index in [4.69, 9.17) is 0 Å². The molecule has 1 rings (SSSR count). The zero-order valence-electron chi connectivity index (χ0n) is 6.27. The van der Waals surface area contributed by atoms with E-state index >= 15 is 0 Å². The molecular formula is C8H11NO. The summed E-state index contributed by atoms with van der Waals surface area (Å²) in [6, 6.07) is 0. The van der Waals surface area contributed by atoms with Crippen LogP contribution in [0.1, 0.15) is 20.3 Å². The summed E-state index contributed by atoms with van der Waals surface area (Å²) in [5, 5.41) is 2.73. The molecule has 0 radical (unpaired) electrons. The van der Waals surface area contributed by atoms with Crippen LogP contribution in [0.2, 0.25) is 0 Å². The molecule has 1 aliphatic rings. The SMILES string of the molecule is CC(C)=CC1=CCC(=O)N1. The Labute approximate surface area is 60.6 Å². The monoisotopic (exact) mass is 137 g/mol. The number of carbonyl (C=O) groups excluding carboxylic acids is 1. The average Bonchev–Trinajstić information content (AvgIpc) is 2.13. The molecule has 0 spiro atoms. The maximum Gasteiger partial charge on any atom is 0.228 e. The summed E-state index contributed by atoms with van der Waals surface area (Å²) in [4.78, 5) is 10.6. The topological polar surface area (TPSA) is 29.1 Å². The van der Waals surface area contributed by atoms with E-state index in [1.165, 1.54) is 5.57 Å². The molecule has 0 aromatic rings. The van der Waals surface area contributed by atoms with Crippen molar-refractivity contribution < 1.29 is 4.79 Å². The molecule has 0 fully saturated rings. The quantitative estimate of drug-likeness (QED) is 0.580. The van der Waals surface area contributed by atoms with Crippen molar-refractivity contribution in [2.24, 2.45) is 0 Å². The molecule has 1 amide bonds. The van der Waals surface area contributed by atoms with Crippen molar-refractivity contribution in [3.05, 3.63) is 23.4 Å². The Morgan fingerprint density at radius 1 is 1.70 bits per heavy atom. The average molecular weight is 137 g/mol. The van der Waals surface area contributed by atoms with Crippen molar-refractivity contribution in [3.63, 3.8) is 0 Å². The Morgan fingerprint density at radius 3 is 2.80 bits per heavy atom. The molecule has 0 aromatic heterocycles. The highest BCUT2D eigenvalue weighted by Gasteiger charge is 2.07. The molecule has 10 heavy (non-hydrogen) atoms. The third-order valence-electron chi connectivity index (χ3n) is 1.24. The molecule has 54 valence electrons. The largest absolute Gasteiger partial charge is 0.326 e. The van der Waals surface area contributed by atoms with Gasteiger partial charge in [0.2, 0.25) is 5.91 Å². The first-order chi connectivity index (χ1) is 4.68. The van der Waals surface area contributed by atoms with Gasteiger partial charge in [-0.25, -0.2) is 0 Å². The van der Waals surface area contributed by atoms with Gasteiger partial charge in [-0.05, 0) is 19.9 Å². The van der Waals surface area contributed by atoms with Crippen LogP contribution in [0.3, 0.4) is 0 Å². The molecule has 0 saturated heterocycles. The minimum Gasteiger partial charge on any atom is -0.326 e. The number of amides is 1. The Morgan fingerprint density at radius 2 is 2.40 bits per heavy atom. The first-order valence-corrected chi connectivity index (χ1v) is 3.33. The van der Waals surface area contributed by atoms with Crippen LogP contribution in [0, 0.1) is 0 Å². The molecule has 0 saturated carbocycles. The minimum atomic E-state index is 0.0903. The highest BCUT2D eigenvalue weighted by Crippen LogP contribution is 2.05. The van der Waals surface area contributed by atoms with Gasteiger partial charge in [-0.15, -0.1) is 0 Å². The Hall–Kier alpha value is -1.05. The number of nitrogens with one attached hydrogen (secondary N) is 1. The first kappa shape index (κ1) is 7.06. The lowest BCUT2D eigenvalue weighted by molar-refractivity contribution is -0.118. The third-order valence-corrected chi connectivity index (χ3v) is 1.24. The van der Waals surface area contributed by atoms with E-state index in [1.54, 1.807) is 0 Å². The summed E-state index contributed by atoms with van der Waals surface area (Å²) in [5.74, 6) is 0.0903. The molecule has 0 atom stereocenters. The van der Waals surface area contributed by atoms with Crippen molar-refractivity contribution >= 4 is 5.91 Å². The highest BCUT2D eigenvalue weighted by molar-refractivity contribution is 5.83. The molecule has 0 unspecified atom stereocenters. The molecule has 0 bridgehead atoms.